The third-order valence-electron chi connectivity index (χ3n) is 3.24. The highest BCUT2D eigenvalue weighted by atomic mass is 16.5. The van der Waals surface area contributed by atoms with E-state index in [2.05, 4.69) is 41.2 Å². The Morgan fingerprint density at radius 1 is 1.33 bits per heavy atom. The Bertz CT molecular complexity index is 507. The summed E-state index contributed by atoms with van der Waals surface area (Å²) in [5, 5.41) is 4.17. The van der Waals surface area contributed by atoms with Crippen LogP contribution < -0.4 is 5.43 Å². The molecule has 0 bridgehead atoms. The highest BCUT2D eigenvalue weighted by Crippen LogP contribution is 2.26. The van der Waals surface area contributed by atoms with Gasteiger partial charge in [0.25, 0.3) is 0 Å². The summed E-state index contributed by atoms with van der Waals surface area (Å²) >= 11 is 0. The monoisotopic (exact) mass is 246 g/mol. The largest absolute Gasteiger partial charge is 0.452 e. The molecule has 0 saturated carbocycles. The van der Waals surface area contributed by atoms with E-state index in [0.717, 1.165) is 30.5 Å². The summed E-state index contributed by atoms with van der Waals surface area (Å²) in [7, 11) is 1.33. The van der Waals surface area contributed by atoms with E-state index >= 15 is 0 Å². The molecule has 1 aliphatic carbocycles. The molecule has 18 heavy (non-hydrogen) atoms. The minimum absolute atomic E-state index is 0.529. The van der Waals surface area contributed by atoms with Gasteiger partial charge in [-0.15, -0.1) is 0 Å². The third-order valence-corrected chi connectivity index (χ3v) is 3.24. The van der Waals surface area contributed by atoms with Crippen LogP contribution in [0.4, 0.5) is 4.79 Å². The number of methoxy groups -OCH3 is 1. The van der Waals surface area contributed by atoms with Crippen molar-refractivity contribution in [2.45, 2.75) is 33.1 Å². The Labute approximate surface area is 107 Å². The van der Waals surface area contributed by atoms with Crippen molar-refractivity contribution in [3.05, 3.63) is 34.4 Å². The number of carbonyl (C=O) groups is 1. The maximum atomic E-state index is 11.1. The molecule has 1 amide bonds. The molecule has 0 saturated heterocycles. The van der Waals surface area contributed by atoms with Gasteiger partial charge in [0.1, 0.15) is 0 Å². The molecule has 0 heterocycles. The molecule has 0 aromatic heterocycles. The van der Waals surface area contributed by atoms with Crippen molar-refractivity contribution in [3.8, 4) is 0 Å². The zero-order valence-electron chi connectivity index (χ0n) is 11.0. The Balaban J connectivity index is 2.35. The first-order valence-corrected chi connectivity index (χ1v) is 6.13. The lowest BCUT2D eigenvalue weighted by Gasteiger charge is -2.20. The lowest BCUT2D eigenvalue weighted by Crippen LogP contribution is -2.22. The van der Waals surface area contributed by atoms with Crippen LogP contribution in [-0.4, -0.2) is 18.9 Å². The van der Waals surface area contributed by atoms with E-state index in [9.17, 15) is 4.79 Å². The van der Waals surface area contributed by atoms with Gasteiger partial charge in [-0.2, -0.15) is 5.10 Å². The average Bonchev–Trinajstić information content (AvgIpc) is 2.36. The number of nitrogens with one attached hydrogen (secondary N) is 1. The van der Waals surface area contributed by atoms with Crippen LogP contribution >= 0.6 is 0 Å². The highest BCUT2D eigenvalue weighted by Gasteiger charge is 2.18. The summed E-state index contributed by atoms with van der Waals surface area (Å²) in [5.74, 6) is 0. The van der Waals surface area contributed by atoms with Crippen LogP contribution in [0.1, 0.15) is 35.1 Å². The first-order valence-electron chi connectivity index (χ1n) is 6.13. The van der Waals surface area contributed by atoms with Gasteiger partial charge in [-0.3, -0.25) is 0 Å². The SMILES string of the molecule is COC(=O)N/N=C1\CCCc2c(C)cc(C)cc21. The summed E-state index contributed by atoms with van der Waals surface area (Å²) < 4.78 is 4.52. The number of carbonyl (C=O) groups excluding carboxylic acids is 1. The van der Waals surface area contributed by atoms with Gasteiger partial charge in [0.15, 0.2) is 0 Å². The minimum Gasteiger partial charge on any atom is -0.452 e. The Morgan fingerprint density at radius 3 is 2.83 bits per heavy atom. The molecular formula is C14H18N2O2. The predicted octanol–water partition coefficient (Wildman–Crippen LogP) is 2.70. The van der Waals surface area contributed by atoms with Gasteiger partial charge in [-0.25, -0.2) is 10.2 Å². The third kappa shape index (κ3) is 2.53. The van der Waals surface area contributed by atoms with Crippen LogP contribution in [0.25, 0.3) is 0 Å². The van der Waals surface area contributed by atoms with Crippen molar-refractivity contribution in [3.63, 3.8) is 0 Å². The van der Waals surface area contributed by atoms with E-state index in [4.69, 9.17) is 0 Å². The lowest BCUT2D eigenvalue weighted by molar-refractivity contribution is 0.171. The van der Waals surface area contributed by atoms with Crippen LogP contribution in [0.5, 0.6) is 0 Å². The number of aryl methyl sites for hydroxylation is 2. The van der Waals surface area contributed by atoms with Crippen molar-refractivity contribution in [1.29, 1.82) is 0 Å². The van der Waals surface area contributed by atoms with E-state index in [0.29, 0.717) is 0 Å². The molecule has 4 heteroatoms. The number of amides is 1. The summed E-state index contributed by atoms with van der Waals surface area (Å²) in [6.07, 6.45) is 2.51. The molecule has 0 fully saturated rings. The van der Waals surface area contributed by atoms with Crippen LogP contribution in [0.15, 0.2) is 17.2 Å². The normalized spacial score (nSPS) is 16.3. The van der Waals surface area contributed by atoms with Gasteiger partial charge in [0.2, 0.25) is 0 Å². The van der Waals surface area contributed by atoms with E-state index < -0.39 is 6.09 Å². The van der Waals surface area contributed by atoms with Gasteiger partial charge < -0.3 is 4.74 Å². The van der Waals surface area contributed by atoms with Crippen LogP contribution in [0.2, 0.25) is 0 Å². The van der Waals surface area contributed by atoms with Gasteiger partial charge in [-0.05, 0) is 50.3 Å². The van der Waals surface area contributed by atoms with Gasteiger partial charge in [-0.1, -0.05) is 11.6 Å². The van der Waals surface area contributed by atoms with Gasteiger partial charge in [0, 0.05) is 5.56 Å². The average molecular weight is 246 g/mol. The summed E-state index contributed by atoms with van der Waals surface area (Å²) in [4.78, 5) is 11.1. The molecule has 96 valence electrons. The number of fused-ring (bicyclic) bond motifs is 1. The molecule has 1 aliphatic rings. The van der Waals surface area contributed by atoms with E-state index in [-0.39, 0.29) is 0 Å². The van der Waals surface area contributed by atoms with Crippen LogP contribution in [0, 0.1) is 13.8 Å². The molecule has 0 atom stereocenters. The molecule has 2 rings (SSSR count). The second kappa shape index (κ2) is 5.21. The van der Waals surface area contributed by atoms with E-state index in [1.165, 1.54) is 23.8 Å². The number of benzene rings is 1. The number of ether oxygens (including phenoxy) is 1. The van der Waals surface area contributed by atoms with Gasteiger partial charge in [0.05, 0.1) is 12.8 Å². The molecule has 0 aliphatic heterocycles. The first kappa shape index (κ1) is 12.6. The summed E-state index contributed by atoms with van der Waals surface area (Å²) in [6, 6.07) is 4.33. The minimum atomic E-state index is -0.529. The molecule has 1 N–H and O–H groups in total. The molecule has 1 aromatic carbocycles. The van der Waals surface area contributed by atoms with Crippen molar-refractivity contribution >= 4 is 11.8 Å². The maximum Gasteiger partial charge on any atom is 0.427 e. The quantitative estimate of drug-likeness (QED) is 0.774. The van der Waals surface area contributed by atoms with Crippen molar-refractivity contribution in [2.75, 3.05) is 7.11 Å². The zero-order chi connectivity index (χ0) is 13.1. The van der Waals surface area contributed by atoms with Crippen molar-refractivity contribution in [2.24, 2.45) is 5.10 Å². The highest BCUT2D eigenvalue weighted by molar-refractivity contribution is 6.03. The number of rotatable bonds is 1. The second-order valence-electron chi connectivity index (χ2n) is 4.62. The number of hydrazone groups is 1. The molecule has 0 unspecified atom stereocenters. The smallest absolute Gasteiger partial charge is 0.427 e. The van der Waals surface area contributed by atoms with E-state index in [1.807, 2.05) is 0 Å². The van der Waals surface area contributed by atoms with Crippen molar-refractivity contribution in [1.82, 2.24) is 5.43 Å². The number of nitrogens with zero attached hydrogens (tertiary/aromatic N) is 1. The zero-order valence-corrected chi connectivity index (χ0v) is 11.0. The standard InChI is InChI=1S/C14H18N2O2/c1-9-7-10(2)11-5-4-6-13(12(11)8-9)15-16-14(17)18-3/h7-8H,4-6H2,1-3H3,(H,16,17)/b15-13+. The maximum absolute atomic E-state index is 11.1. The summed E-state index contributed by atoms with van der Waals surface area (Å²) in [5.41, 5.74) is 8.38. The molecule has 0 radical (unpaired) electrons. The number of hydrogen-bond donors (Lipinski definition) is 1. The van der Waals surface area contributed by atoms with E-state index in [1.54, 1.807) is 0 Å². The second-order valence-corrected chi connectivity index (χ2v) is 4.62. The molecular weight excluding hydrogens is 228 g/mol. The molecule has 1 aromatic rings. The fourth-order valence-electron chi connectivity index (χ4n) is 2.43. The van der Waals surface area contributed by atoms with Crippen LogP contribution in [-0.2, 0) is 11.2 Å². The molecule has 0 spiro atoms. The Hall–Kier alpha value is -1.84. The topological polar surface area (TPSA) is 50.7 Å². The van der Waals surface area contributed by atoms with Crippen molar-refractivity contribution < 1.29 is 9.53 Å². The lowest BCUT2D eigenvalue weighted by atomic mass is 9.86. The van der Waals surface area contributed by atoms with Gasteiger partial charge >= 0.3 is 6.09 Å². The fraction of sp³-hybridized carbons (Fsp3) is 0.429. The fourth-order valence-corrected chi connectivity index (χ4v) is 2.43. The first-order chi connectivity index (χ1) is 8.61. The Kier molecular flexibility index (Phi) is 3.65. The number of hydrogen-bond acceptors (Lipinski definition) is 3. The van der Waals surface area contributed by atoms with Crippen LogP contribution in [0.3, 0.4) is 0 Å². The molecule has 4 nitrogen and oxygen atoms in total. The Morgan fingerprint density at radius 2 is 2.11 bits per heavy atom. The predicted molar refractivity (Wildman–Crippen MR) is 70.9 cm³/mol. The summed E-state index contributed by atoms with van der Waals surface area (Å²) in [6.45, 7) is 4.20.